The molecule has 1 heterocycles. The van der Waals surface area contributed by atoms with Gasteiger partial charge in [-0.3, -0.25) is 9.59 Å². The monoisotopic (exact) mass is 328 g/mol. The number of carbonyl (C=O) groups is 2. The molecule has 1 fully saturated rings. The zero-order valence-corrected chi connectivity index (χ0v) is 13.4. The van der Waals surface area contributed by atoms with Crippen LogP contribution >= 0.6 is 12.4 Å². The van der Waals surface area contributed by atoms with Gasteiger partial charge in [-0.2, -0.15) is 0 Å². The minimum Gasteiger partial charge on any atom is -0.352 e. The summed E-state index contributed by atoms with van der Waals surface area (Å²) in [6.45, 7) is 3.46. The summed E-state index contributed by atoms with van der Waals surface area (Å²) in [7, 11) is 0. The molecule has 0 bridgehead atoms. The SMILES string of the molecule is CC(CC(=O)N[C@H]1CCCNC1)C(=O)c1cccc(F)c1.Cl. The average Bonchev–Trinajstić information content (AvgIpc) is 2.47. The normalized spacial score (nSPS) is 18.9. The zero-order chi connectivity index (χ0) is 15.2. The highest BCUT2D eigenvalue weighted by Gasteiger charge is 2.21. The van der Waals surface area contributed by atoms with Gasteiger partial charge in [-0.25, -0.2) is 4.39 Å². The van der Waals surface area contributed by atoms with E-state index in [1.54, 1.807) is 13.0 Å². The summed E-state index contributed by atoms with van der Waals surface area (Å²) in [5.41, 5.74) is 0.314. The predicted octanol–water partition coefficient (Wildman–Crippen LogP) is 2.32. The number of halogens is 2. The van der Waals surface area contributed by atoms with Crippen molar-refractivity contribution in [2.45, 2.75) is 32.2 Å². The number of hydrogen-bond acceptors (Lipinski definition) is 3. The van der Waals surface area contributed by atoms with Crippen molar-refractivity contribution in [1.29, 1.82) is 0 Å². The van der Waals surface area contributed by atoms with Gasteiger partial charge in [0.15, 0.2) is 5.78 Å². The fraction of sp³-hybridized carbons (Fsp3) is 0.500. The Hall–Kier alpha value is -1.46. The summed E-state index contributed by atoms with van der Waals surface area (Å²) >= 11 is 0. The molecule has 1 unspecified atom stereocenters. The van der Waals surface area contributed by atoms with Gasteiger partial charge in [0.05, 0.1) is 0 Å². The Labute approximate surface area is 136 Å². The molecule has 0 spiro atoms. The molecule has 2 N–H and O–H groups in total. The van der Waals surface area contributed by atoms with E-state index in [1.165, 1.54) is 18.2 Å². The first-order valence-electron chi connectivity index (χ1n) is 7.36. The Bertz CT molecular complexity index is 519. The van der Waals surface area contributed by atoms with Gasteiger partial charge in [0.2, 0.25) is 5.91 Å². The number of rotatable bonds is 5. The maximum absolute atomic E-state index is 13.1. The van der Waals surface area contributed by atoms with Crippen molar-refractivity contribution in [3.63, 3.8) is 0 Å². The highest BCUT2D eigenvalue weighted by molar-refractivity contribution is 5.99. The van der Waals surface area contributed by atoms with Crippen LogP contribution in [0.25, 0.3) is 0 Å². The fourth-order valence-electron chi connectivity index (χ4n) is 2.56. The summed E-state index contributed by atoms with van der Waals surface area (Å²) in [4.78, 5) is 24.1. The van der Waals surface area contributed by atoms with Gasteiger partial charge in [0, 0.05) is 30.5 Å². The van der Waals surface area contributed by atoms with Crippen molar-refractivity contribution in [3.05, 3.63) is 35.6 Å². The van der Waals surface area contributed by atoms with Crippen LogP contribution in [-0.4, -0.2) is 30.8 Å². The third kappa shape index (κ3) is 5.39. The number of Topliss-reactive ketones (excluding diaryl/α,β-unsaturated/α-hetero) is 1. The predicted molar refractivity (Wildman–Crippen MR) is 85.8 cm³/mol. The number of amides is 1. The number of benzene rings is 1. The van der Waals surface area contributed by atoms with Crippen molar-refractivity contribution in [3.8, 4) is 0 Å². The van der Waals surface area contributed by atoms with Gasteiger partial charge in [-0.15, -0.1) is 12.4 Å². The van der Waals surface area contributed by atoms with Crippen LogP contribution in [0, 0.1) is 11.7 Å². The summed E-state index contributed by atoms with van der Waals surface area (Å²) in [6.07, 6.45) is 2.14. The van der Waals surface area contributed by atoms with E-state index < -0.39 is 11.7 Å². The van der Waals surface area contributed by atoms with Crippen molar-refractivity contribution < 1.29 is 14.0 Å². The van der Waals surface area contributed by atoms with Gasteiger partial charge in [0.1, 0.15) is 5.82 Å². The Morgan fingerprint density at radius 3 is 2.86 bits per heavy atom. The Balaban J connectivity index is 0.00000242. The second-order valence-electron chi connectivity index (χ2n) is 5.59. The van der Waals surface area contributed by atoms with Crippen LogP contribution in [0.5, 0.6) is 0 Å². The molecule has 22 heavy (non-hydrogen) atoms. The van der Waals surface area contributed by atoms with Crippen molar-refractivity contribution in [2.75, 3.05) is 13.1 Å². The van der Waals surface area contributed by atoms with E-state index in [1.807, 2.05) is 0 Å². The molecule has 1 aliphatic heterocycles. The van der Waals surface area contributed by atoms with Gasteiger partial charge < -0.3 is 10.6 Å². The molecule has 0 aliphatic carbocycles. The highest BCUT2D eigenvalue weighted by Crippen LogP contribution is 2.14. The summed E-state index contributed by atoms with van der Waals surface area (Å²) in [5, 5.41) is 6.16. The second kappa shape index (κ2) is 8.86. The smallest absolute Gasteiger partial charge is 0.220 e. The lowest BCUT2D eigenvalue weighted by molar-refractivity contribution is -0.122. The molecule has 2 rings (SSSR count). The molecule has 1 aliphatic rings. The first-order valence-corrected chi connectivity index (χ1v) is 7.36. The highest BCUT2D eigenvalue weighted by atomic mass is 35.5. The van der Waals surface area contributed by atoms with E-state index in [0.29, 0.717) is 5.56 Å². The molecule has 6 heteroatoms. The van der Waals surface area contributed by atoms with Gasteiger partial charge in [-0.05, 0) is 31.5 Å². The second-order valence-corrected chi connectivity index (χ2v) is 5.59. The van der Waals surface area contributed by atoms with Crippen molar-refractivity contribution in [2.24, 2.45) is 5.92 Å². The van der Waals surface area contributed by atoms with E-state index >= 15 is 0 Å². The number of hydrogen-bond donors (Lipinski definition) is 2. The van der Waals surface area contributed by atoms with Crippen LogP contribution in [0.15, 0.2) is 24.3 Å². The molecule has 1 aromatic carbocycles. The fourth-order valence-corrected chi connectivity index (χ4v) is 2.56. The first kappa shape index (κ1) is 18.6. The van der Waals surface area contributed by atoms with E-state index in [2.05, 4.69) is 10.6 Å². The van der Waals surface area contributed by atoms with E-state index in [9.17, 15) is 14.0 Å². The van der Waals surface area contributed by atoms with Crippen LogP contribution in [0.1, 0.15) is 36.5 Å². The van der Waals surface area contributed by atoms with Crippen LogP contribution in [-0.2, 0) is 4.79 Å². The lowest BCUT2D eigenvalue weighted by Crippen LogP contribution is -2.46. The molecule has 0 radical (unpaired) electrons. The van der Waals surface area contributed by atoms with Gasteiger partial charge in [-0.1, -0.05) is 19.1 Å². The van der Waals surface area contributed by atoms with Crippen LogP contribution in [0.4, 0.5) is 4.39 Å². The molecule has 122 valence electrons. The quantitative estimate of drug-likeness (QED) is 0.816. The summed E-state index contributed by atoms with van der Waals surface area (Å²) < 4.78 is 13.1. The minimum absolute atomic E-state index is 0. The molecule has 2 atom stereocenters. The van der Waals surface area contributed by atoms with Crippen LogP contribution < -0.4 is 10.6 Å². The number of nitrogens with one attached hydrogen (secondary N) is 2. The lowest BCUT2D eigenvalue weighted by Gasteiger charge is -2.24. The van der Waals surface area contributed by atoms with Crippen molar-refractivity contribution in [1.82, 2.24) is 10.6 Å². The summed E-state index contributed by atoms with van der Waals surface area (Å²) in [5.74, 6) is -1.22. The molecule has 1 saturated heterocycles. The Kier molecular flexibility index (Phi) is 7.48. The first-order chi connectivity index (χ1) is 10.1. The number of piperidine rings is 1. The summed E-state index contributed by atoms with van der Waals surface area (Å²) in [6, 6.07) is 5.72. The standard InChI is InChI=1S/C16H21FN2O2.ClH/c1-11(16(21)12-4-2-5-13(17)9-12)8-15(20)19-14-6-3-7-18-10-14;/h2,4-5,9,11,14,18H,3,6-8,10H2,1H3,(H,19,20);1H/t11?,14-;/m0./s1. The van der Waals surface area contributed by atoms with Crippen LogP contribution in [0.3, 0.4) is 0 Å². The third-order valence-corrected chi connectivity index (χ3v) is 3.71. The molecule has 1 aromatic rings. The molecular weight excluding hydrogens is 307 g/mol. The molecule has 0 saturated carbocycles. The van der Waals surface area contributed by atoms with E-state index in [0.717, 1.165) is 25.9 Å². The van der Waals surface area contributed by atoms with E-state index in [4.69, 9.17) is 0 Å². The zero-order valence-electron chi connectivity index (χ0n) is 12.6. The lowest BCUT2D eigenvalue weighted by atomic mass is 9.95. The number of ketones is 1. The Morgan fingerprint density at radius 2 is 2.23 bits per heavy atom. The molecule has 1 amide bonds. The number of carbonyl (C=O) groups excluding carboxylic acids is 2. The van der Waals surface area contributed by atoms with Gasteiger partial charge >= 0.3 is 0 Å². The largest absolute Gasteiger partial charge is 0.352 e. The minimum atomic E-state index is -0.455. The van der Waals surface area contributed by atoms with Gasteiger partial charge in [0.25, 0.3) is 0 Å². The molecular formula is C16H22ClFN2O2. The maximum Gasteiger partial charge on any atom is 0.220 e. The average molecular weight is 329 g/mol. The van der Waals surface area contributed by atoms with E-state index in [-0.39, 0.29) is 36.6 Å². The third-order valence-electron chi connectivity index (χ3n) is 3.71. The van der Waals surface area contributed by atoms with Crippen molar-refractivity contribution >= 4 is 24.1 Å². The topological polar surface area (TPSA) is 58.2 Å². The molecule has 0 aromatic heterocycles. The molecule has 4 nitrogen and oxygen atoms in total. The van der Waals surface area contributed by atoms with Crippen LogP contribution in [0.2, 0.25) is 0 Å². The Morgan fingerprint density at radius 1 is 1.45 bits per heavy atom. The maximum atomic E-state index is 13.1.